The Morgan fingerprint density at radius 1 is 0.870 bits per heavy atom. The summed E-state index contributed by atoms with van der Waals surface area (Å²) in [5.74, 6) is 0. The highest BCUT2D eigenvalue weighted by Crippen LogP contribution is 2.20. The van der Waals surface area contributed by atoms with Crippen LogP contribution in [-0.2, 0) is 10.1 Å². The highest BCUT2D eigenvalue weighted by molar-refractivity contribution is 7.86. The Bertz CT molecular complexity index is 949. The molecule has 2 aromatic carbocycles. The summed E-state index contributed by atoms with van der Waals surface area (Å²) >= 11 is 0. The quantitative estimate of drug-likeness (QED) is 0.383. The minimum absolute atomic E-state index is 0.0347. The molecular formula is C14H9F3O5S. The summed E-state index contributed by atoms with van der Waals surface area (Å²) in [6.07, 6.45) is 0. The third kappa shape index (κ3) is 3.69. The molecule has 0 saturated heterocycles. The third-order valence-electron chi connectivity index (χ3n) is 2.78. The summed E-state index contributed by atoms with van der Waals surface area (Å²) in [6, 6.07) is 14.6. The van der Waals surface area contributed by atoms with Crippen molar-refractivity contribution in [2.75, 3.05) is 0 Å². The van der Waals surface area contributed by atoms with Gasteiger partial charge in [-0.05, 0) is 24.3 Å². The van der Waals surface area contributed by atoms with Gasteiger partial charge < -0.3 is 4.42 Å². The van der Waals surface area contributed by atoms with E-state index in [0.29, 0.717) is 21.9 Å². The average Bonchev–Trinajstić information content (AvgIpc) is 2.46. The van der Waals surface area contributed by atoms with E-state index in [1.54, 1.807) is 12.1 Å². The van der Waals surface area contributed by atoms with Crippen LogP contribution in [0.2, 0.25) is 0 Å². The Hall–Kier alpha value is -2.39. The van der Waals surface area contributed by atoms with Crippen molar-refractivity contribution < 1.29 is 30.6 Å². The van der Waals surface area contributed by atoms with Crippen molar-refractivity contribution in [2.45, 2.75) is 5.51 Å². The van der Waals surface area contributed by atoms with E-state index in [1.165, 1.54) is 0 Å². The van der Waals surface area contributed by atoms with Gasteiger partial charge >= 0.3 is 15.6 Å². The molecule has 3 rings (SSSR count). The van der Waals surface area contributed by atoms with E-state index in [2.05, 4.69) is 0 Å². The second kappa shape index (κ2) is 6.01. The first-order valence-electron chi connectivity index (χ1n) is 6.05. The Labute approximate surface area is 127 Å². The van der Waals surface area contributed by atoms with Crippen molar-refractivity contribution in [3.63, 3.8) is 0 Å². The number of fused-ring (bicyclic) bond motifs is 2. The number of benzene rings is 2. The average molecular weight is 346 g/mol. The standard InChI is InChI=1S/C13H8O2.CHF3O3S/c14-13-9-5-1-3-7-11(9)15-12-8-4-2-6-10(12)13;2-1(3,4)8(5,6)7/h1-8H;(H,5,6,7). The van der Waals surface area contributed by atoms with Crippen LogP contribution in [0.4, 0.5) is 13.2 Å². The third-order valence-corrected chi connectivity index (χ3v) is 3.36. The molecule has 0 aliphatic carbocycles. The monoisotopic (exact) mass is 346 g/mol. The SMILES string of the molecule is O=S(=O)(O)C(F)(F)F.O=c1c2ccccc2oc2ccccc12. The summed E-state index contributed by atoms with van der Waals surface area (Å²) in [6.45, 7) is 0. The molecule has 23 heavy (non-hydrogen) atoms. The molecule has 1 aromatic heterocycles. The van der Waals surface area contributed by atoms with Gasteiger partial charge in [0.15, 0.2) is 0 Å². The predicted octanol–water partition coefficient (Wildman–Crippen LogP) is 3.34. The summed E-state index contributed by atoms with van der Waals surface area (Å²) in [5.41, 5.74) is -4.22. The Morgan fingerprint density at radius 2 is 1.22 bits per heavy atom. The van der Waals surface area contributed by atoms with Crippen LogP contribution in [0.15, 0.2) is 57.7 Å². The van der Waals surface area contributed by atoms with Crippen LogP contribution in [0.25, 0.3) is 21.9 Å². The van der Waals surface area contributed by atoms with Crippen molar-refractivity contribution in [1.82, 2.24) is 0 Å². The highest BCUT2D eigenvalue weighted by atomic mass is 32.2. The van der Waals surface area contributed by atoms with Crippen LogP contribution < -0.4 is 5.43 Å². The Morgan fingerprint density at radius 3 is 1.57 bits per heavy atom. The van der Waals surface area contributed by atoms with Crippen LogP contribution in [0.3, 0.4) is 0 Å². The fourth-order valence-corrected chi connectivity index (χ4v) is 1.75. The number of hydrogen-bond donors (Lipinski definition) is 1. The fourth-order valence-electron chi connectivity index (χ4n) is 1.75. The van der Waals surface area contributed by atoms with Crippen molar-refractivity contribution in [1.29, 1.82) is 0 Å². The lowest BCUT2D eigenvalue weighted by Crippen LogP contribution is -2.21. The lowest BCUT2D eigenvalue weighted by Gasteiger charge is -1.99. The molecule has 122 valence electrons. The van der Waals surface area contributed by atoms with Gasteiger partial charge in [-0.1, -0.05) is 24.3 Å². The molecule has 3 aromatic rings. The van der Waals surface area contributed by atoms with Crippen LogP contribution in [0, 0.1) is 0 Å². The molecule has 0 aliphatic rings. The van der Waals surface area contributed by atoms with Crippen molar-refractivity contribution in [3.8, 4) is 0 Å². The van der Waals surface area contributed by atoms with E-state index in [-0.39, 0.29) is 5.43 Å². The van der Waals surface area contributed by atoms with Gasteiger partial charge in [0.25, 0.3) is 0 Å². The first kappa shape index (κ1) is 17.0. The highest BCUT2D eigenvalue weighted by Gasteiger charge is 2.44. The normalized spacial score (nSPS) is 12.0. The molecule has 0 unspecified atom stereocenters. The first-order valence-corrected chi connectivity index (χ1v) is 7.49. The van der Waals surface area contributed by atoms with E-state index in [1.807, 2.05) is 36.4 Å². The molecule has 0 bridgehead atoms. The smallest absolute Gasteiger partial charge is 0.456 e. The van der Waals surface area contributed by atoms with E-state index < -0.39 is 15.6 Å². The maximum absolute atomic E-state index is 12.0. The van der Waals surface area contributed by atoms with Crippen LogP contribution in [-0.4, -0.2) is 18.5 Å². The minimum Gasteiger partial charge on any atom is -0.456 e. The van der Waals surface area contributed by atoms with E-state index >= 15 is 0 Å². The second-order valence-electron chi connectivity index (χ2n) is 4.34. The zero-order valence-corrected chi connectivity index (χ0v) is 12.1. The second-order valence-corrected chi connectivity index (χ2v) is 5.76. The fraction of sp³-hybridized carbons (Fsp3) is 0.0714. The minimum atomic E-state index is -5.84. The van der Waals surface area contributed by atoms with E-state index in [4.69, 9.17) is 17.4 Å². The van der Waals surface area contributed by atoms with Gasteiger partial charge in [0.05, 0.1) is 10.8 Å². The van der Waals surface area contributed by atoms with Gasteiger partial charge in [-0.25, -0.2) is 0 Å². The molecule has 0 spiro atoms. The summed E-state index contributed by atoms with van der Waals surface area (Å²) in [4.78, 5) is 12.0. The molecule has 0 fully saturated rings. The van der Waals surface area contributed by atoms with Crippen LogP contribution in [0.5, 0.6) is 0 Å². The number of halogens is 3. The maximum atomic E-state index is 12.0. The number of rotatable bonds is 0. The van der Waals surface area contributed by atoms with Gasteiger partial charge in [0, 0.05) is 0 Å². The van der Waals surface area contributed by atoms with Gasteiger partial charge in [0.2, 0.25) is 5.43 Å². The predicted molar refractivity (Wildman–Crippen MR) is 77.6 cm³/mol. The number of hydrogen-bond acceptors (Lipinski definition) is 4. The zero-order chi connectivity index (χ0) is 17.3. The van der Waals surface area contributed by atoms with E-state index in [0.717, 1.165) is 0 Å². The van der Waals surface area contributed by atoms with Gasteiger partial charge in [-0.2, -0.15) is 21.6 Å². The molecule has 1 heterocycles. The molecule has 0 atom stereocenters. The van der Waals surface area contributed by atoms with Gasteiger partial charge in [-0.3, -0.25) is 9.35 Å². The number of para-hydroxylation sites is 2. The first-order chi connectivity index (χ1) is 10.6. The van der Waals surface area contributed by atoms with Gasteiger partial charge in [-0.15, -0.1) is 0 Å². The molecule has 0 saturated carbocycles. The molecule has 5 nitrogen and oxygen atoms in total. The van der Waals surface area contributed by atoms with Crippen molar-refractivity contribution in [2.24, 2.45) is 0 Å². The Balaban J connectivity index is 0.000000207. The molecule has 0 amide bonds. The maximum Gasteiger partial charge on any atom is 0.522 e. The summed E-state index contributed by atoms with van der Waals surface area (Å²) < 4.78 is 63.2. The molecule has 0 aliphatic heterocycles. The van der Waals surface area contributed by atoms with Crippen LogP contribution in [0.1, 0.15) is 0 Å². The molecule has 1 N–H and O–H groups in total. The Kier molecular flexibility index (Phi) is 4.44. The summed E-state index contributed by atoms with van der Waals surface area (Å²) in [7, 11) is -5.84. The van der Waals surface area contributed by atoms with Crippen molar-refractivity contribution in [3.05, 3.63) is 58.8 Å². The van der Waals surface area contributed by atoms with Crippen molar-refractivity contribution >= 4 is 32.1 Å². The molecule has 0 radical (unpaired) electrons. The topological polar surface area (TPSA) is 84.6 Å². The lowest BCUT2D eigenvalue weighted by molar-refractivity contribution is -0.0510. The molecular weight excluding hydrogens is 337 g/mol. The lowest BCUT2D eigenvalue weighted by atomic mass is 10.1. The van der Waals surface area contributed by atoms with Crippen LogP contribution >= 0.6 is 0 Å². The number of alkyl halides is 3. The summed E-state index contributed by atoms with van der Waals surface area (Å²) in [5, 5.41) is 1.27. The van der Waals surface area contributed by atoms with E-state index in [9.17, 15) is 18.0 Å². The van der Waals surface area contributed by atoms with Gasteiger partial charge in [0.1, 0.15) is 11.2 Å². The zero-order valence-electron chi connectivity index (χ0n) is 11.2. The largest absolute Gasteiger partial charge is 0.522 e. The molecule has 9 heteroatoms.